The molecule has 0 saturated carbocycles. The Balaban J connectivity index is 2.17. The number of pyridine rings is 1. The van der Waals surface area contributed by atoms with Gasteiger partial charge in [0.2, 0.25) is 0 Å². The number of nitrogens with two attached hydrogens (primary N) is 1. The number of hydrazine groups is 1. The van der Waals surface area contributed by atoms with Gasteiger partial charge in [-0.05, 0) is 36.5 Å². The van der Waals surface area contributed by atoms with Crippen LogP contribution < -0.4 is 16.6 Å². The van der Waals surface area contributed by atoms with Crippen LogP contribution in [0.25, 0.3) is 21.8 Å². The molecule has 3 aromatic rings. The second-order valence-corrected chi connectivity index (χ2v) is 4.61. The Labute approximate surface area is 115 Å². The van der Waals surface area contributed by atoms with Crippen molar-refractivity contribution in [1.29, 1.82) is 0 Å². The second-order valence-electron chi connectivity index (χ2n) is 4.17. The Hall–Kier alpha value is -2.40. The monoisotopic (exact) mass is 268 g/mol. The molecule has 0 aliphatic carbocycles. The van der Waals surface area contributed by atoms with E-state index in [0.717, 1.165) is 27.5 Å². The molecule has 5 heteroatoms. The number of nitrogens with one attached hydrogen (secondary N) is 2. The summed E-state index contributed by atoms with van der Waals surface area (Å²) in [6.07, 6.45) is 0. The van der Waals surface area contributed by atoms with E-state index in [1.807, 2.05) is 42.5 Å². The molecule has 0 unspecified atom stereocenters. The Morgan fingerprint density at radius 1 is 1.05 bits per heavy atom. The minimum absolute atomic E-state index is 0.200. The van der Waals surface area contributed by atoms with Gasteiger partial charge in [0.1, 0.15) is 0 Å². The summed E-state index contributed by atoms with van der Waals surface area (Å²) in [5.74, 6) is 0. The van der Waals surface area contributed by atoms with E-state index in [-0.39, 0.29) is 5.11 Å². The summed E-state index contributed by atoms with van der Waals surface area (Å²) < 4.78 is 0. The molecule has 0 radical (unpaired) electrons. The highest BCUT2D eigenvalue weighted by Crippen LogP contribution is 2.25. The lowest BCUT2D eigenvalue weighted by molar-refractivity contribution is 1.13. The first-order valence-electron chi connectivity index (χ1n) is 5.84. The Morgan fingerprint density at radius 2 is 1.84 bits per heavy atom. The maximum Gasteiger partial charge on any atom is 0.182 e. The number of hydrogen-bond donors (Lipinski definition) is 3. The normalized spacial score (nSPS) is 10.5. The quantitative estimate of drug-likeness (QED) is 0.379. The first-order chi connectivity index (χ1) is 9.24. The number of para-hydroxylation sites is 1. The zero-order valence-corrected chi connectivity index (χ0v) is 10.9. The molecule has 0 aliphatic heterocycles. The fraction of sp³-hybridized carbons (Fsp3) is 0. The minimum atomic E-state index is 0.200. The summed E-state index contributed by atoms with van der Waals surface area (Å²) >= 11 is 4.78. The van der Waals surface area contributed by atoms with E-state index in [1.54, 1.807) is 0 Å². The molecule has 3 rings (SSSR count). The van der Waals surface area contributed by atoms with Crippen LogP contribution in [0.2, 0.25) is 0 Å². The van der Waals surface area contributed by atoms with Crippen LogP contribution in [-0.4, -0.2) is 10.1 Å². The highest BCUT2D eigenvalue weighted by molar-refractivity contribution is 7.80. The number of thiocarbonyl (C=S) groups is 1. The van der Waals surface area contributed by atoms with Gasteiger partial charge < -0.3 is 5.73 Å². The summed E-state index contributed by atoms with van der Waals surface area (Å²) in [4.78, 5) is 4.63. The maximum absolute atomic E-state index is 5.42. The van der Waals surface area contributed by atoms with E-state index in [2.05, 4.69) is 21.9 Å². The van der Waals surface area contributed by atoms with Crippen molar-refractivity contribution >= 4 is 44.8 Å². The zero-order valence-electron chi connectivity index (χ0n) is 10.1. The van der Waals surface area contributed by atoms with Crippen molar-refractivity contribution in [3.8, 4) is 0 Å². The van der Waals surface area contributed by atoms with Crippen molar-refractivity contribution in [3.63, 3.8) is 0 Å². The van der Waals surface area contributed by atoms with Crippen LogP contribution in [0.3, 0.4) is 0 Å². The van der Waals surface area contributed by atoms with Gasteiger partial charge in [-0.2, -0.15) is 0 Å². The number of anilines is 1. The SMILES string of the molecule is NC(=S)NNc1cccc2nc3ccccc3cc12. The van der Waals surface area contributed by atoms with Crippen LogP contribution in [0, 0.1) is 0 Å². The van der Waals surface area contributed by atoms with Crippen molar-refractivity contribution < 1.29 is 0 Å². The van der Waals surface area contributed by atoms with E-state index in [9.17, 15) is 0 Å². The van der Waals surface area contributed by atoms with E-state index in [4.69, 9.17) is 18.0 Å². The number of rotatable bonds is 2. The molecule has 4 N–H and O–H groups in total. The molecule has 0 atom stereocenters. The topological polar surface area (TPSA) is 63.0 Å². The summed E-state index contributed by atoms with van der Waals surface area (Å²) in [7, 11) is 0. The van der Waals surface area contributed by atoms with E-state index < -0.39 is 0 Å². The lowest BCUT2D eigenvalue weighted by Crippen LogP contribution is -2.33. The number of benzene rings is 2. The summed E-state index contributed by atoms with van der Waals surface area (Å²) in [6, 6.07) is 16.0. The van der Waals surface area contributed by atoms with Crippen LogP contribution in [0.5, 0.6) is 0 Å². The predicted molar refractivity (Wildman–Crippen MR) is 82.8 cm³/mol. The predicted octanol–water partition coefficient (Wildman–Crippen LogP) is 2.55. The van der Waals surface area contributed by atoms with Crippen LogP contribution in [0.15, 0.2) is 48.5 Å². The van der Waals surface area contributed by atoms with Gasteiger partial charge in [-0.25, -0.2) is 4.98 Å². The van der Waals surface area contributed by atoms with Gasteiger partial charge in [-0.1, -0.05) is 24.3 Å². The third-order valence-corrected chi connectivity index (χ3v) is 2.98. The third-order valence-electron chi connectivity index (χ3n) is 2.88. The van der Waals surface area contributed by atoms with E-state index in [0.29, 0.717) is 0 Å². The standard InChI is InChI=1S/C14H12N4S/c15-14(19)18-17-13-7-3-6-12-10(13)8-9-4-1-2-5-11(9)16-12/h1-8,17H,(H3,15,18,19). The molecule has 0 fully saturated rings. The van der Waals surface area contributed by atoms with Crippen molar-refractivity contribution in [2.45, 2.75) is 0 Å². The molecule has 0 aliphatic rings. The van der Waals surface area contributed by atoms with Crippen LogP contribution in [0.4, 0.5) is 5.69 Å². The largest absolute Gasteiger partial charge is 0.375 e. The molecule has 0 spiro atoms. The number of aromatic nitrogens is 1. The van der Waals surface area contributed by atoms with Gasteiger partial charge in [0.05, 0.1) is 16.7 Å². The molecule has 1 heterocycles. The van der Waals surface area contributed by atoms with Gasteiger partial charge in [-0.3, -0.25) is 10.9 Å². The van der Waals surface area contributed by atoms with E-state index in [1.165, 1.54) is 0 Å². The van der Waals surface area contributed by atoms with Crippen molar-refractivity contribution in [1.82, 2.24) is 10.4 Å². The van der Waals surface area contributed by atoms with Gasteiger partial charge in [0.15, 0.2) is 5.11 Å². The van der Waals surface area contributed by atoms with Crippen molar-refractivity contribution in [3.05, 3.63) is 48.5 Å². The number of nitrogens with zero attached hydrogens (tertiary/aromatic N) is 1. The van der Waals surface area contributed by atoms with Crippen LogP contribution >= 0.6 is 12.2 Å². The zero-order chi connectivity index (χ0) is 13.2. The molecular formula is C14H12N4S. The molecule has 0 bridgehead atoms. The molecule has 19 heavy (non-hydrogen) atoms. The first kappa shape index (κ1) is 11.7. The van der Waals surface area contributed by atoms with E-state index >= 15 is 0 Å². The van der Waals surface area contributed by atoms with Gasteiger partial charge in [-0.15, -0.1) is 0 Å². The fourth-order valence-corrected chi connectivity index (χ4v) is 2.09. The number of hydrogen-bond acceptors (Lipinski definition) is 3. The summed E-state index contributed by atoms with van der Waals surface area (Å²) in [6.45, 7) is 0. The Bertz CT molecular complexity index is 770. The summed E-state index contributed by atoms with van der Waals surface area (Å²) in [5, 5.41) is 2.32. The highest BCUT2D eigenvalue weighted by Gasteiger charge is 2.03. The average Bonchev–Trinajstić information content (AvgIpc) is 2.42. The van der Waals surface area contributed by atoms with Gasteiger partial charge in [0, 0.05) is 10.8 Å². The highest BCUT2D eigenvalue weighted by atomic mass is 32.1. The average molecular weight is 268 g/mol. The summed E-state index contributed by atoms with van der Waals surface area (Å²) in [5.41, 5.74) is 13.9. The van der Waals surface area contributed by atoms with Crippen molar-refractivity contribution in [2.24, 2.45) is 5.73 Å². The number of fused-ring (bicyclic) bond motifs is 2. The smallest absolute Gasteiger partial charge is 0.182 e. The molecule has 0 amide bonds. The lowest BCUT2D eigenvalue weighted by Gasteiger charge is -2.11. The lowest BCUT2D eigenvalue weighted by atomic mass is 10.1. The molecule has 4 nitrogen and oxygen atoms in total. The Morgan fingerprint density at radius 3 is 2.68 bits per heavy atom. The molecule has 0 saturated heterocycles. The third kappa shape index (κ3) is 2.28. The first-order valence-corrected chi connectivity index (χ1v) is 6.25. The van der Waals surface area contributed by atoms with Crippen LogP contribution in [-0.2, 0) is 0 Å². The van der Waals surface area contributed by atoms with Crippen LogP contribution in [0.1, 0.15) is 0 Å². The molecular weight excluding hydrogens is 256 g/mol. The molecule has 94 valence electrons. The van der Waals surface area contributed by atoms with Gasteiger partial charge >= 0.3 is 0 Å². The fourth-order valence-electron chi connectivity index (χ4n) is 2.04. The minimum Gasteiger partial charge on any atom is -0.375 e. The molecule has 1 aromatic heterocycles. The van der Waals surface area contributed by atoms with Crippen molar-refractivity contribution in [2.75, 3.05) is 5.43 Å². The second kappa shape index (κ2) is 4.70. The van der Waals surface area contributed by atoms with Gasteiger partial charge in [0.25, 0.3) is 0 Å². The Kier molecular flexibility index (Phi) is 2.89. The maximum atomic E-state index is 5.42. The molecule has 2 aromatic carbocycles.